The summed E-state index contributed by atoms with van der Waals surface area (Å²) in [5.74, 6) is -0.719. The number of hydrogen-bond donors (Lipinski definition) is 0. The first-order chi connectivity index (χ1) is 13.5. The van der Waals surface area contributed by atoms with E-state index in [4.69, 9.17) is 13.6 Å². The second kappa shape index (κ2) is 7.99. The molecule has 28 heavy (non-hydrogen) atoms. The molecule has 0 saturated heterocycles. The number of nitrogens with zero attached hydrogens (tertiary/aromatic N) is 3. The van der Waals surface area contributed by atoms with Crippen molar-refractivity contribution in [3.05, 3.63) is 95.8 Å². The van der Waals surface area contributed by atoms with Crippen LogP contribution in [-0.2, 0) is 6.67 Å². The topological polar surface area (TPSA) is 143 Å². The van der Waals surface area contributed by atoms with E-state index in [1.54, 1.807) is 0 Å². The standard InChI is InChI=1S/C16H10FN3O8/c17-9-10-1-3-11(4-2-10)19-16-18-25-12(21)5-6-14(23)27-20(16)28-15(24)8-7-13(22)26-19/h1-8H,9H2. The molecule has 2 aromatic heterocycles. The van der Waals surface area contributed by atoms with Crippen molar-refractivity contribution in [3.63, 3.8) is 0 Å². The zero-order chi connectivity index (χ0) is 20.1. The number of rotatable bonds is 2. The first-order valence-electron chi connectivity index (χ1n) is 7.52. The van der Waals surface area contributed by atoms with Gasteiger partial charge in [-0.15, -0.1) is 4.74 Å². The molecule has 2 heterocycles. The minimum atomic E-state index is -1.12. The normalized spacial score (nSPS) is 10.3. The van der Waals surface area contributed by atoms with Crippen LogP contribution in [0, 0.1) is 0 Å². The average Bonchev–Trinajstić information content (AvgIpc) is 2.78. The summed E-state index contributed by atoms with van der Waals surface area (Å²) in [4.78, 5) is 47.1. The first-order valence-corrected chi connectivity index (χ1v) is 7.52. The fourth-order valence-electron chi connectivity index (χ4n) is 1.91. The van der Waals surface area contributed by atoms with Crippen molar-refractivity contribution in [2.45, 2.75) is 6.67 Å². The summed E-state index contributed by atoms with van der Waals surface area (Å²) in [6, 6.07) is 8.27. The van der Waals surface area contributed by atoms with Crippen LogP contribution in [0.4, 0.5) is 4.39 Å². The van der Waals surface area contributed by atoms with E-state index in [2.05, 4.69) is 9.68 Å². The lowest BCUT2D eigenvalue weighted by Crippen LogP contribution is -2.08. The van der Waals surface area contributed by atoms with Gasteiger partial charge >= 0.3 is 28.3 Å². The highest BCUT2D eigenvalue weighted by atomic mass is 19.1. The predicted molar refractivity (Wildman–Crippen MR) is 88.7 cm³/mol. The molecule has 0 bridgehead atoms. The number of alkyl halides is 1. The van der Waals surface area contributed by atoms with Gasteiger partial charge in [0.1, 0.15) is 6.67 Å². The monoisotopic (exact) mass is 391 g/mol. The van der Waals surface area contributed by atoms with Crippen molar-refractivity contribution in [2.24, 2.45) is 0 Å². The Morgan fingerprint density at radius 3 is 1.86 bits per heavy atom. The fraction of sp³-hybridized carbons (Fsp3) is 0.0625. The van der Waals surface area contributed by atoms with Crippen LogP contribution in [0.1, 0.15) is 5.56 Å². The largest absolute Gasteiger partial charge is 0.360 e. The summed E-state index contributed by atoms with van der Waals surface area (Å²) in [5, 5.41) is 3.43. The highest BCUT2D eigenvalue weighted by molar-refractivity contribution is 5.38. The maximum absolute atomic E-state index is 12.8. The van der Waals surface area contributed by atoms with Crippen molar-refractivity contribution in [1.82, 2.24) is 14.6 Å². The number of hydrogen-bond acceptors (Lipinski definition) is 9. The molecule has 0 saturated carbocycles. The van der Waals surface area contributed by atoms with Gasteiger partial charge in [-0.25, -0.2) is 23.6 Å². The van der Waals surface area contributed by atoms with Crippen LogP contribution < -0.4 is 22.5 Å². The van der Waals surface area contributed by atoms with Gasteiger partial charge in [0.15, 0.2) is 0 Å². The Kier molecular flexibility index (Phi) is 5.30. The molecule has 0 radical (unpaired) electrons. The van der Waals surface area contributed by atoms with Gasteiger partial charge in [0.2, 0.25) is 0 Å². The maximum atomic E-state index is 12.8. The van der Waals surface area contributed by atoms with Gasteiger partial charge in [0, 0.05) is 29.0 Å². The minimum Gasteiger partial charge on any atom is -0.328 e. The third-order valence-corrected chi connectivity index (χ3v) is 3.13. The van der Waals surface area contributed by atoms with Crippen LogP contribution in [0.5, 0.6) is 0 Å². The molecular formula is C16H10FN3O8. The molecule has 3 rings (SSSR count). The van der Waals surface area contributed by atoms with E-state index in [1.807, 2.05) is 0 Å². The molecule has 11 nitrogen and oxygen atoms in total. The molecule has 0 atom stereocenters. The van der Waals surface area contributed by atoms with Crippen LogP contribution in [-0.4, -0.2) is 14.6 Å². The smallest absolute Gasteiger partial charge is 0.328 e. The fourth-order valence-corrected chi connectivity index (χ4v) is 1.91. The molecule has 0 aliphatic rings. The first kappa shape index (κ1) is 18.6. The average molecular weight is 391 g/mol. The minimum absolute atomic E-state index is 0.0694. The second-order valence-corrected chi connectivity index (χ2v) is 5.05. The SMILES string of the molecule is O=c1ccc(=O)on2oc(=O)ccc(=O)on(-c3ccc(CF)cc3)c2no1. The van der Waals surface area contributed by atoms with Gasteiger partial charge in [-0.3, -0.25) is 9.05 Å². The number of aromatic nitrogens is 3. The molecule has 0 fully saturated rings. The molecule has 0 aliphatic heterocycles. The summed E-state index contributed by atoms with van der Waals surface area (Å²) in [6.07, 6.45) is 0. The Bertz CT molecular complexity index is 1320. The molecule has 0 N–H and O–H groups in total. The van der Waals surface area contributed by atoms with Crippen LogP contribution in [0.15, 0.2) is 85.8 Å². The number of benzene rings is 1. The molecule has 0 amide bonds. The molecule has 0 spiro atoms. The molecule has 144 valence electrons. The highest BCUT2D eigenvalue weighted by Crippen LogP contribution is 2.11. The number of fused-ring (bicyclic) bond motifs is 1. The lowest BCUT2D eigenvalue weighted by Gasteiger charge is -2.03. The third-order valence-electron chi connectivity index (χ3n) is 3.13. The second-order valence-electron chi connectivity index (χ2n) is 5.05. The van der Waals surface area contributed by atoms with E-state index in [9.17, 15) is 23.6 Å². The predicted octanol–water partition coefficient (Wildman–Crippen LogP) is 0.656. The van der Waals surface area contributed by atoms with Crippen molar-refractivity contribution < 1.29 is 22.5 Å². The van der Waals surface area contributed by atoms with Gasteiger partial charge in [-0.1, -0.05) is 12.1 Å². The van der Waals surface area contributed by atoms with Gasteiger partial charge in [-0.05, 0) is 22.9 Å². The highest BCUT2D eigenvalue weighted by Gasteiger charge is 2.07. The molecule has 3 aromatic rings. The van der Waals surface area contributed by atoms with Gasteiger partial charge < -0.3 is 9.05 Å². The van der Waals surface area contributed by atoms with E-state index in [0.717, 1.165) is 6.07 Å². The Balaban J connectivity index is 2.62. The van der Waals surface area contributed by atoms with Crippen molar-refractivity contribution >= 4 is 5.78 Å². The molecule has 0 unspecified atom stereocenters. The molecule has 1 aromatic carbocycles. The Labute approximate surface area is 152 Å². The zero-order valence-electron chi connectivity index (χ0n) is 13.8. The van der Waals surface area contributed by atoms with E-state index < -0.39 is 35.0 Å². The van der Waals surface area contributed by atoms with E-state index in [-0.39, 0.29) is 10.4 Å². The van der Waals surface area contributed by atoms with Crippen LogP contribution >= 0.6 is 0 Å². The number of halogens is 1. The Morgan fingerprint density at radius 1 is 0.750 bits per heavy atom. The van der Waals surface area contributed by atoms with Gasteiger partial charge in [0.05, 0.1) is 5.69 Å². The van der Waals surface area contributed by atoms with E-state index >= 15 is 0 Å². The lowest BCUT2D eigenvalue weighted by atomic mass is 10.2. The molecular weight excluding hydrogens is 381 g/mol. The molecule has 0 aliphatic carbocycles. The zero-order valence-corrected chi connectivity index (χ0v) is 13.8. The molecule has 12 heteroatoms. The summed E-state index contributed by atoms with van der Waals surface area (Å²) in [6.45, 7) is -0.742. The van der Waals surface area contributed by atoms with Gasteiger partial charge in [0.25, 0.3) is 0 Å². The summed E-state index contributed by atoms with van der Waals surface area (Å²) >= 11 is 0. The van der Waals surface area contributed by atoms with Crippen molar-refractivity contribution in [3.8, 4) is 5.69 Å². The van der Waals surface area contributed by atoms with Crippen LogP contribution in [0.2, 0.25) is 0 Å². The quantitative estimate of drug-likeness (QED) is 0.615. The summed E-state index contributed by atoms with van der Waals surface area (Å²) in [5.41, 5.74) is -3.95. The van der Waals surface area contributed by atoms with E-state index in [1.165, 1.54) is 24.3 Å². The van der Waals surface area contributed by atoms with Gasteiger partial charge in [-0.2, -0.15) is 0 Å². The summed E-state index contributed by atoms with van der Waals surface area (Å²) in [7, 11) is 0. The van der Waals surface area contributed by atoms with Crippen molar-refractivity contribution in [1.29, 1.82) is 0 Å². The van der Waals surface area contributed by atoms with Crippen molar-refractivity contribution in [2.75, 3.05) is 0 Å². The lowest BCUT2D eigenvalue weighted by molar-refractivity contribution is 0.113. The van der Waals surface area contributed by atoms with Crippen LogP contribution in [0.3, 0.4) is 0 Å². The van der Waals surface area contributed by atoms with Crippen LogP contribution in [0.25, 0.3) is 11.5 Å². The maximum Gasteiger partial charge on any atom is 0.360 e. The third kappa shape index (κ3) is 4.30. The summed E-state index contributed by atoms with van der Waals surface area (Å²) < 4.78 is 32.8. The Morgan fingerprint density at radius 2 is 1.29 bits per heavy atom. The Hall–Kier alpha value is -4.22. The van der Waals surface area contributed by atoms with E-state index in [0.29, 0.717) is 28.5 Å².